The minimum absolute atomic E-state index is 0.123. The maximum atomic E-state index is 10.7. The molecular formula is C26H33NO4. The fourth-order valence-corrected chi connectivity index (χ4v) is 3.45. The number of ether oxygens (including phenoxy) is 2. The first-order chi connectivity index (χ1) is 14.8. The molecule has 1 aromatic heterocycles. The van der Waals surface area contributed by atoms with Gasteiger partial charge in [-0.2, -0.15) is 0 Å². The van der Waals surface area contributed by atoms with E-state index in [4.69, 9.17) is 13.9 Å². The summed E-state index contributed by atoms with van der Waals surface area (Å²) in [5.41, 5.74) is 2.62. The maximum absolute atomic E-state index is 10.7. The van der Waals surface area contributed by atoms with Crippen molar-refractivity contribution in [3.05, 3.63) is 83.8 Å². The predicted molar refractivity (Wildman–Crippen MR) is 122 cm³/mol. The third-order valence-corrected chi connectivity index (χ3v) is 5.15. The van der Waals surface area contributed by atoms with Crippen LogP contribution < -0.4 is 9.47 Å². The van der Waals surface area contributed by atoms with E-state index in [1.165, 1.54) is 11.1 Å². The smallest absolute Gasteiger partial charge is 0.161 e. The van der Waals surface area contributed by atoms with Gasteiger partial charge >= 0.3 is 0 Å². The molecule has 3 aromatic rings. The van der Waals surface area contributed by atoms with Crippen LogP contribution in [0.1, 0.15) is 37.7 Å². The number of nitrogens with zero attached hydrogens (tertiary/aromatic N) is 1. The van der Waals surface area contributed by atoms with E-state index in [0.29, 0.717) is 31.1 Å². The van der Waals surface area contributed by atoms with Crippen LogP contribution in [0.3, 0.4) is 0 Å². The second-order valence-electron chi connectivity index (χ2n) is 8.81. The Labute approximate surface area is 185 Å². The van der Waals surface area contributed by atoms with Crippen LogP contribution in [0.4, 0.5) is 0 Å². The molecule has 0 saturated heterocycles. The van der Waals surface area contributed by atoms with Crippen molar-refractivity contribution in [1.82, 2.24) is 4.90 Å². The number of benzene rings is 2. The molecule has 166 valence electrons. The number of methoxy groups -OCH3 is 1. The van der Waals surface area contributed by atoms with Crippen LogP contribution in [0.2, 0.25) is 0 Å². The molecule has 1 atom stereocenters. The summed E-state index contributed by atoms with van der Waals surface area (Å²) in [5, 5.41) is 10.7. The molecule has 0 radical (unpaired) electrons. The molecule has 2 aromatic carbocycles. The average Bonchev–Trinajstić information content (AvgIpc) is 3.25. The summed E-state index contributed by atoms with van der Waals surface area (Å²) in [7, 11) is 1.61. The molecule has 0 amide bonds. The van der Waals surface area contributed by atoms with Crippen LogP contribution in [0.15, 0.2) is 71.3 Å². The molecule has 3 rings (SSSR count). The minimum Gasteiger partial charge on any atom is -0.493 e. The second-order valence-corrected chi connectivity index (χ2v) is 8.81. The second kappa shape index (κ2) is 10.5. The van der Waals surface area contributed by atoms with Crippen molar-refractivity contribution in [2.75, 3.05) is 20.3 Å². The molecular weight excluding hydrogens is 390 g/mol. The highest BCUT2D eigenvalue weighted by molar-refractivity contribution is 5.39. The molecule has 1 heterocycles. The third kappa shape index (κ3) is 6.88. The lowest BCUT2D eigenvalue weighted by Gasteiger charge is -2.25. The van der Waals surface area contributed by atoms with Crippen LogP contribution in [0.5, 0.6) is 11.5 Å². The Hall–Kier alpha value is -2.76. The van der Waals surface area contributed by atoms with E-state index in [9.17, 15) is 5.11 Å². The number of para-hydroxylation sites is 2. The summed E-state index contributed by atoms with van der Waals surface area (Å²) in [4.78, 5) is 2.17. The Kier molecular flexibility index (Phi) is 7.77. The molecule has 5 nitrogen and oxygen atoms in total. The molecule has 1 N–H and O–H groups in total. The molecule has 0 aliphatic rings. The van der Waals surface area contributed by atoms with Gasteiger partial charge in [-0.25, -0.2) is 0 Å². The van der Waals surface area contributed by atoms with Crippen LogP contribution >= 0.6 is 0 Å². The standard InChI is InChI=1S/C26H33NO4/c1-26(2,3)21-13-11-20(12-14-21)16-27(18-23-8-7-15-30-23)17-22(28)19-31-25-10-6-5-9-24(25)29-4/h5-15,22,28H,16-19H2,1-4H3. The van der Waals surface area contributed by atoms with Gasteiger partial charge in [0.15, 0.2) is 11.5 Å². The van der Waals surface area contributed by atoms with Gasteiger partial charge in [0.25, 0.3) is 0 Å². The van der Waals surface area contributed by atoms with Crippen LogP contribution in [0.25, 0.3) is 0 Å². The molecule has 0 bridgehead atoms. The van der Waals surface area contributed by atoms with E-state index < -0.39 is 6.10 Å². The summed E-state index contributed by atoms with van der Waals surface area (Å²) in [6, 6.07) is 20.0. The van der Waals surface area contributed by atoms with E-state index in [2.05, 4.69) is 49.9 Å². The molecule has 0 spiro atoms. The van der Waals surface area contributed by atoms with Gasteiger partial charge in [-0.15, -0.1) is 0 Å². The Bertz CT molecular complexity index is 913. The number of hydrogen-bond acceptors (Lipinski definition) is 5. The highest BCUT2D eigenvalue weighted by Gasteiger charge is 2.17. The quantitative estimate of drug-likeness (QED) is 0.496. The van der Waals surface area contributed by atoms with E-state index in [1.807, 2.05) is 36.4 Å². The normalized spacial score (nSPS) is 12.7. The van der Waals surface area contributed by atoms with E-state index in [1.54, 1.807) is 13.4 Å². The topological polar surface area (TPSA) is 55.1 Å². The molecule has 31 heavy (non-hydrogen) atoms. The Morgan fingerprint density at radius 3 is 2.26 bits per heavy atom. The number of rotatable bonds is 10. The Morgan fingerprint density at radius 2 is 1.65 bits per heavy atom. The van der Waals surface area contributed by atoms with E-state index in [0.717, 1.165) is 5.76 Å². The first kappa shape index (κ1) is 22.9. The summed E-state index contributed by atoms with van der Waals surface area (Å²) >= 11 is 0. The van der Waals surface area contributed by atoms with Gasteiger partial charge in [0.2, 0.25) is 0 Å². The zero-order valence-electron chi connectivity index (χ0n) is 18.9. The van der Waals surface area contributed by atoms with Gasteiger partial charge in [-0.05, 0) is 40.8 Å². The molecule has 0 aliphatic heterocycles. The van der Waals surface area contributed by atoms with Gasteiger partial charge in [-0.3, -0.25) is 4.90 Å². The maximum Gasteiger partial charge on any atom is 0.161 e. The van der Waals surface area contributed by atoms with Crippen molar-refractivity contribution in [3.63, 3.8) is 0 Å². The lowest BCUT2D eigenvalue weighted by molar-refractivity contribution is 0.0596. The third-order valence-electron chi connectivity index (χ3n) is 5.15. The first-order valence-corrected chi connectivity index (χ1v) is 10.6. The Morgan fingerprint density at radius 1 is 0.935 bits per heavy atom. The number of hydrogen-bond donors (Lipinski definition) is 1. The van der Waals surface area contributed by atoms with Crippen LogP contribution in [0, 0.1) is 0 Å². The summed E-state index contributed by atoms with van der Waals surface area (Å²) in [6.45, 7) is 8.58. The fourth-order valence-electron chi connectivity index (χ4n) is 3.45. The molecule has 5 heteroatoms. The van der Waals surface area contributed by atoms with Crippen molar-refractivity contribution < 1.29 is 19.0 Å². The SMILES string of the molecule is COc1ccccc1OCC(O)CN(Cc1ccc(C(C)(C)C)cc1)Cc1ccco1. The zero-order chi connectivity index (χ0) is 22.3. The molecule has 0 aliphatic carbocycles. The van der Waals surface area contributed by atoms with Crippen molar-refractivity contribution in [3.8, 4) is 11.5 Å². The van der Waals surface area contributed by atoms with E-state index in [-0.39, 0.29) is 12.0 Å². The molecule has 1 unspecified atom stereocenters. The van der Waals surface area contributed by atoms with Gasteiger partial charge in [0.05, 0.1) is 19.9 Å². The number of aliphatic hydroxyl groups is 1. The monoisotopic (exact) mass is 423 g/mol. The summed E-state index contributed by atoms with van der Waals surface area (Å²) < 4.78 is 16.7. The van der Waals surface area contributed by atoms with Crippen LogP contribution in [-0.4, -0.2) is 36.4 Å². The van der Waals surface area contributed by atoms with Crippen molar-refractivity contribution >= 4 is 0 Å². The molecule has 0 fully saturated rings. The summed E-state index contributed by atoms with van der Waals surface area (Å²) in [6.07, 6.45) is 1.01. The number of furan rings is 1. The van der Waals surface area contributed by atoms with E-state index >= 15 is 0 Å². The van der Waals surface area contributed by atoms with Crippen molar-refractivity contribution in [2.45, 2.75) is 45.4 Å². The number of aliphatic hydroxyl groups excluding tert-OH is 1. The van der Waals surface area contributed by atoms with Crippen LogP contribution in [-0.2, 0) is 18.5 Å². The lowest BCUT2D eigenvalue weighted by Crippen LogP contribution is -2.35. The average molecular weight is 424 g/mol. The molecule has 0 saturated carbocycles. The lowest BCUT2D eigenvalue weighted by atomic mass is 9.87. The predicted octanol–water partition coefficient (Wildman–Crippen LogP) is 5.03. The van der Waals surface area contributed by atoms with Crippen molar-refractivity contribution in [2.24, 2.45) is 0 Å². The highest BCUT2D eigenvalue weighted by Crippen LogP contribution is 2.26. The van der Waals surface area contributed by atoms with Gasteiger partial charge in [0, 0.05) is 13.1 Å². The van der Waals surface area contributed by atoms with Gasteiger partial charge in [0.1, 0.15) is 18.5 Å². The highest BCUT2D eigenvalue weighted by atomic mass is 16.5. The summed E-state index contributed by atoms with van der Waals surface area (Å²) in [5.74, 6) is 2.14. The van der Waals surface area contributed by atoms with Gasteiger partial charge in [-0.1, -0.05) is 57.2 Å². The zero-order valence-corrected chi connectivity index (χ0v) is 18.9. The van der Waals surface area contributed by atoms with Gasteiger partial charge < -0.3 is 19.0 Å². The minimum atomic E-state index is -0.659. The Balaban J connectivity index is 1.64. The van der Waals surface area contributed by atoms with Crippen molar-refractivity contribution in [1.29, 1.82) is 0 Å². The fraction of sp³-hybridized carbons (Fsp3) is 0.385. The first-order valence-electron chi connectivity index (χ1n) is 10.6. The largest absolute Gasteiger partial charge is 0.493 e.